The fraction of sp³-hybridized carbons (Fsp3) is 0.903. The zero-order chi connectivity index (χ0) is 29.8. The van der Waals surface area contributed by atoms with E-state index in [1.54, 1.807) is 7.05 Å². The van der Waals surface area contributed by atoms with Crippen molar-refractivity contribution >= 4 is 6.03 Å². The third kappa shape index (κ3) is 5.57. The summed E-state index contributed by atoms with van der Waals surface area (Å²) < 4.78 is 50.7. The van der Waals surface area contributed by atoms with E-state index in [9.17, 15) is 9.18 Å². The molecule has 0 spiro atoms. The Labute approximate surface area is 248 Å². The van der Waals surface area contributed by atoms with Crippen LogP contribution in [0.3, 0.4) is 0 Å². The second-order valence-corrected chi connectivity index (χ2v) is 14.3. The Balaban J connectivity index is 1.20. The summed E-state index contributed by atoms with van der Waals surface area (Å²) in [5.74, 6) is -1.77. The summed E-state index contributed by atoms with van der Waals surface area (Å²) in [6, 6.07) is -1.36. The second kappa shape index (κ2) is 11.6. The molecule has 0 bridgehead atoms. The molecule has 0 aromatic carbocycles. The van der Waals surface area contributed by atoms with Gasteiger partial charge in [0.1, 0.15) is 12.2 Å². The largest absolute Gasteiger partial charge is 0.339 e. The molecule has 1 aromatic heterocycles. The van der Waals surface area contributed by atoms with Crippen molar-refractivity contribution in [3.63, 3.8) is 0 Å². The molecule has 0 N–H and O–H groups in total. The number of halogens is 3. The number of piperidine rings is 1. The first-order valence-corrected chi connectivity index (χ1v) is 16.4. The van der Waals surface area contributed by atoms with Crippen LogP contribution in [0.2, 0.25) is 0 Å². The quantitative estimate of drug-likeness (QED) is 0.446. The van der Waals surface area contributed by atoms with E-state index in [2.05, 4.69) is 40.7 Å². The van der Waals surface area contributed by atoms with Crippen molar-refractivity contribution in [2.45, 2.75) is 120 Å². The molecule has 1 aromatic rings. The van der Waals surface area contributed by atoms with Crippen LogP contribution in [-0.2, 0) is 5.41 Å². The first-order chi connectivity index (χ1) is 20.0. The van der Waals surface area contributed by atoms with E-state index in [0.717, 1.165) is 51.9 Å². The third-order valence-corrected chi connectivity index (χ3v) is 11.4. The van der Waals surface area contributed by atoms with Crippen LogP contribution in [0.1, 0.15) is 96.2 Å². The molecule has 5 fully saturated rings. The van der Waals surface area contributed by atoms with E-state index in [1.165, 1.54) is 4.90 Å². The van der Waals surface area contributed by atoms with Crippen LogP contribution in [0.15, 0.2) is 4.52 Å². The van der Waals surface area contributed by atoms with Gasteiger partial charge in [0.15, 0.2) is 5.82 Å². The van der Waals surface area contributed by atoms with Crippen LogP contribution in [0, 0.1) is 11.8 Å². The minimum Gasteiger partial charge on any atom is -0.339 e. The molecular weight excluding hydrogens is 545 g/mol. The Morgan fingerprint density at radius 1 is 1.05 bits per heavy atom. The van der Waals surface area contributed by atoms with Crippen LogP contribution in [-0.4, -0.2) is 112 Å². The molecule has 2 amide bonds. The summed E-state index contributed by atoms with van der Waals surface area (Å²) in [4.78, 5) is 26.6. The molecule has 3 aliphatic carbocycles. The number of amides is 2. The Morgan fingerprint density at radius 2 is 1.74 bits per heavy atom. The van der Waals surface area contributed by atoms with Crippen LogP contribution in [0.5, 0.6) is 0 Å². The number of carbonyl (C=O) groups is 1. The molecule has 5 aliphatic rings. The van der Waals surface area contributed by atoms with Gasteiger partial charge < -0.3 is 14.3 Å². The van der Waals surface area contributed by atoms with Gasteiger partial charge in [-0.2, -0.15) is 4.98 Å². The monoisotopic (exact) mass is 594 g/mol. The lowest BCUT2D eigenvalue weighted by Crippen LogP contribution is -2.66. The standard InChI is InChI=1S/C31H49F3N6O2/c1-20(2)38-14-16-39(17-15-38)25-10-7-11-31(33,34)26(25)37(4)29(41)40-13-12-30(3,23(19-40)21-8-5-6-9-21)28-35-27(42-36-28)22-18-24(22)32/h20-26H,5-19H2,1-4H3/t22-,23?,24+,25+,26-,30?/m1/s1. The molecule has 42 heavy (non-hydrogen) atoms. The Hall–Kier alpha value is -1.88. The van der Waals surface area contributed by atoms with Crippen LogP contribution < -0.4 is 0 Å². The number of hydrogen-bond donors (Lipinski definition) is 0. The summed E-state index contributed by atoms with van der Waals surface area (Å²) >= 11 is 0. The van der Waals surface area contributed by atoms with E-state index >= 15 is 8.78 Å². The molecule has 2 unspecified atom stereocenters. The fourth-order valence-electron chi connectivity index (χ4n) is 8.59. The molecule has 236 valence electrons. The van der Waals surface area contributed by atoms with E-state index in [1.807, 2.05) is 4.90 Å². The summed E-state index contributed by atoms with van der Waals surface area (Å²) in [5.41, 5.74) is -0.416. The average Bonchev–Trinajstić information content (AvgIpc) is 3.35. The zero-order valence-corrected chi connectivity index (χ0v) is 25.8. The predicted molar refractivity (Wildman–Crippen MR) is 153 cm³/mol. The topological polar surface area (TPSA) is 69.0 Å². The van der Waals surface area contributed by atoms with Gasteiger partial charge in [-0.15, -0.1) is 0 Å². The molecule has 2 aliphatic heterocycles. The number of carbonyl (C=O) groups excluding carboxylic acids is 1. The minimum atomic E-state index is -2.93. The number of likely N-dealkylation sites (N-methyl/N-ethyl adjacent to an activating group) is 1. The number of rotatable bonds is 6. The zero-order valence-electron chi connectivity index (χ0n) is 25.8. The highest BCUT2D eigenvalue weighted by Gasteiger charge is 2.55. The SMILES string of the molecule is CC(C)N1CCN([C@H]2CCCC(F)(F)[C@@H]2N(C)C(=O)N2CCC(C)(c3noc([C@@H]4C[C@@H]4F)n3)C(C3CCCC3)C2)CC1. The van der Waals surface area contributed by atoms with Gasteiger partial charge in [-0.25, -0.2) is 18.0 Å². The van der Waals surface area contributed by atoms with Gasteiger partial charge in [-0.05, 0) is 51.4 Å². The van der Waals surface area contributed by atoms with Gasteiger partial charge in [0.2, 0.25) is 5.89 Å². The van der Waals surface area contributed by atoms with E-state index in [-0.39, 0.29) is 30.3 Å². The maximum atomic E-state index is 15.7. The summed E-state index contributed by atoms with van der Waals surface area (Å²) in [6.45, 7) is 10.7. The summed E-state index contributed by atoms with van der Waals surface area (Å²) in [7, 11) is 1.59. The van der Waals surface area contributed by atoms with Crippen molar-refractivity contribution in [3.8, 4) is 0 Å². The van der Waals surface area contributed by atoms with E-state index < -0.39 is 23.6 Å². The van der Waals surface area contributed by atoms with Gasteiger partial charge in [0.05, 0.1) is 5.92 Å². The number of likely N-dealkylation sites (tertiary alicyclic amines) is 1. The van der Waals surface area contributed by atoms with Crippen molar-refractivity contribution in [2.24, 2.45) is 11.8 Å². The highest BCUT2D eigenvalue weighted by molar-refractivity contribution is 5.75. The fourth-order valence-corrected chi connectivity index (χ4v) is 8.59. The van der Waals surface area contributed by atoms with Crippen molar-refractivity contribution in [1.82, 2.24) is 29.7 Å². The smallest absolute Gasteiger partial charge is 0.320 e. The second-order valence-electron chi connectivity index (χ2n) is 14.3. The maximum Gasteiger partial charge on any atom is 0.320 e. The Kier molecular flexibility index (Phi) is 8.30. The minimum absolute atomic E-state index is 0.0868. The van der Waals surface area contributed by atoms with Gasteiger partial charge in [0.25, 0.3) is 5.92 Å². The molecule has 11 heteroatoms. The van der Waals surface area contributed by atoms with Gasteiger partial charge in [0, 0.05) is 70.2 Å². The number of piperazine rings is 1. The number of aromatic nitrogens is 2. The lowest BCUT2D eigenvalue weighted by Gasteiger charge is -2.51. The number of alkyl halides is 3. The van der Waals surface area contributed by atoms with Crippen LogP contribution in [0.25, 0.3) is 0 Å². The average molecular weight is 595 g/mol. The molecule has 0 radical (unpaired) electrons. The van der Waals surface area contributed by atoms with E-state index in [0.29, 0.717) is 62.4 Å². The summed E-state index contributed by atoms with van der Waals surface area (Å²) in [6.07, 6.45) is 5.56. The Morgan fingerprint density at radius 3 is 2.38 bits per heavy atom. The molecule has 3 saturated carbocycles. The Bertz CT molecular complexity index is 1100. The molecule has 3 heterocycles. The normalized spacial score (nSPS) is 36.5. The van der Waals surface area contributed by atoms with Gasteiger partial charge >= 0.3 is 6.03 Å². The summed E-state index contributed by atoms with van der Waals surface area (Å²) in [5, 5.41) is 4.33. The first-order valence-electron chi connectivity index (χ1n) is 16.4. The lowest BCUT2D eigenvalue weighted by atomic mass is 9.65. The highest BCUT2D eigenvalue weighted by Crippen LogP contribution is 2.49. The van der Waals surface area contributed by atoms with Crippen molar-refractivity contribution in [2.75, 3.05) is 46.3 Å². The number of nitrogens with zero attached hydrogens (tertiary/aromatic N) is 6. The molecular formula is C31H49F3N6O2. The first kappa shape index (κ1) is 30.2. The number of hydrogen-bond acceptors (Lipinski definition) is 6. The third-order valence-electron chi connectivity index (χ3n) is 11.4. The van der Waals surface area contributed by atoms with Crippen molar-refractivity contribution in [3.05, 3.63) is 11.7 Å². The number of urea groups is 1. The molecule has 6 rings (SSSR count). The van der Waals surface area contributed by atoms with Crippen LogP contribution >= 0.6 is 0 Å². The molecule has 2 saturated heterocycles. The van der Waals surface area contributed by atoms with Gasteiger partial charge in [-0.1, -0.05) is 37.8 Å². The van der Waals surface area contributed by atoms with Crippen molar-refractivity contribution < 1.29 is 22.5 Å². The predicted octanol–water partition coefficient (Wildman–Crippen LogP) is 5.30. The van der Waals surface area contributed by atoms with Crippen molar-refractivity contribution in [1.29, 1.82) is 0 Å². The molecule has 6 atom stereocenters. The lowest BCUT2D eigenvalue weighted by molar-refractivity contribution is -0.128. The van der Waals surface area contributed by atoms with Crippen LogP contribution in [0.4, 0.5) is 18.0 Å². The van der Waals surface area contributed by atoms with E-state index in [4.69, 9.17) is 4.52 Å². The molecule has 8 nitrogen and oxygen atoms in total. The maximum absolute atomic E-state index is 15.7. The van der Waals surface area contributed by atoms with Gasteiger partial charge in [-0.3, -0.25) is 9.80 Å². The highest BCUT2D eigenvalue weighted by atomic mass is 19.3.